The van der Waals surface area contributed by atoms with Crippen LogP contribution in [0.25, 0.3) is 0 Å². The molecule has 1 atom stereocenters. The van der Waals surface area contributed by atoms with Crippen molar-refractivity contribution in [2.75, 3.05) is 6.61 Å². The van der Waals surface area contributed by atoms with Gasteiger partial charge in [-0.3, -0.25) is 0 Å². The van der Waals surface area contributed by atoms with Gasteiger partial charge in [-0.05, 0) is 42.0 Å². The zero-order valence-corrected chi connectivity index (χ0v) is 20.3. The number of hydrogen-bond acceptors (Lipinski definition) is 4. The van der Waals surface area contributed by atoms with E-state index < -0.39 is 19.9 Å². The van der Waals surface area contributed by atoms with Gasteiger partial charge in [0, 0.05) is 6.42 Å². The van der Waals surface area contributed by atoms with Crippen LogP contribution in [0, 0.1) is 0 Å². The second kappa shape index (κ2) is 11.0. The molecular weight excluding hydrogens is 380 g/mol. The van der Waals surface area contributed by atoms with Crippen molar-refractivity contribution in [1.82, 2.24) is 0 Å². The molecule has 0 radical (unpaired) electrons. The first kappa shape index (κ1) is 25.4. The van der Waals surface area contributed by atoms with Crippen molar-refractivity contribution in [2.24, 2.45) is 0 Å². The molecule has 0 aliphatic rings. The van der Waals surface area contributed by atoms with Crippen molar-refractivity contribution in [3.63, 3.8) is 0 Å². The molecule has 0 spiro atoms. The van der Waals surface area contributed by atoms with Gasteiger partial charge >= 0.3 is 5.97 Å². The third-order valence-corrected chi connectivity index (χ3v) is 11.9. The fraction of sp³-hybridized carbons (Fsp3) is 0.625. The predicted molar refractivity (Wildman–Crippen MR) is 122 cm³/mol. The van der Waals surface area contributed by atoms with Crippen molar-refractivity contribution >= 4 is 14.3 Å². The number of hydrogen-bond donors (Lipinski definition) is 1. The molecule has 164 valence electrons. The monoisotopic (exact) mass is 420 g/mol. The Hall–Kier alpha value is -1.59. The lowest BCUT2D eigenvalue weighted by Crippen LogP contribution is -2.49. The molecule has 0 aliphatic heterocycles. The number of ether oxygens (including phenoxy) is 1. The van der Waals surface area contributed by atoms with E-state index in [2.05, 4.69) is 48.1 Å². The van der Waals surface area contributed by atoms with Crippen LogP contribution in [0.4, 0.5) is 0 Å². The largest absolute Gasteiger partial charge is 0.546 e. The maximum Gasteiger partial charge on any atom is 0.338 e. The molecule has 0 saturated heterocycles. The van der Waals surface area contributed by atoms with Crippen LogP contribution in [0.15, 0.2) is 42.7 Å². The highest BCUT2D eigenvalue weighted by Crippen LogP contribution is 2.44. The zero-order valence-electron chi connectivity index (χ0n) is 19.3. The first-order valence-corrected chi connectivity index (χ1v) is 12.9. The van der Waals surface area contributed by atoms with Crippen molar-refractivity contribution < 1.29 is 19.1 Å². The minimum Gasteiger partial charge on any atom is -0.546 e. The smallest absolute Gasteiger partial charge is 0.338 e. The summed E-state index contributed by atoms with van der Waals surface area (Å²) in [5, 5.41) is 11.3. The molecule has 5 heteroatoms. The summed E-state index contributed by atoms with van der Waals surface area (Å²) < 4.78 is 11.8. The van der Waals surface area contributed by atoms with E-state index in [-0.39, 0.29) is 19.4 Å². The molecule has 29 heavy (non-hydrogen) atoms. The molecule has 0 amide bonds. The summed E-state index contributed by atoms with van der Waals surface area (Å²) in [6, 6.07) is 9.84. The predicted octanol–water partition coefficient (Wildman–Crippen LogP) is 6.01. The average Bonchev–Trinajstić information content (AvgIpc) is 2.64. The van der Waals surface area contributed by atoms with Crippen LogP contribution in [0.3, 0.4) is 0 Å². The highest BCUT2D eigenvalue weighted by Gasteiger charge is 2.48. The van der Waals surface area contributed by atoms with Crippen LogP contribution in [0.1, 0.15) is 66.9 Å². The first-order valence-electron chi connectivity index (χ1n) is 10.8. The van der Waals surface area contributed by atoms with Crippen LogP contribution < -0.4 is 0 Å². The Kier molecular flexibility index (Phi) is 9.63. The molecule has 1 aromatic carbocycles. The topological polar surface area (TPSA) is 55.8 Å². The Morgan fingerprint density at radius 1 is 1.07 bits per heavy atom. The van der Waals surface area contributed by atoms with E-state index in [9.17, 15) is 9.90 Å². The Morgan fingerprint density at radius 3 is 2.03 bits per heavy atom. The maximum absolute atomic E-state index is 12.6. The van der Waals surface area contributed by atoms with Crippen molar-refractivity contribution in [2.45, 2.75) is 90.0 Å². The summed E-state index contributed by atoms with van der Waals surface area (Å²) in [6.07, 6.45) is 0.891. The molecule has 0 aliphatic carbocycles. The van der Waals surface area contributed by atoms with E-state index in [1.165, 1.54) is 0 Å². The highest BCUT2D eigenvalue weighted by molar-refractivity contribution is 6.77. The van der Waals surface area contributed by atoms with Gasteiger partial charge in [0.25, 0.3) is 8.32 Å². The van der Waals surface area contributed by atoms with Gasteiger partial charge in [-0.2, -0.15) is 0 Å². The van der Waals surface area contributed by atoms with Gasteiger partial charge in [-0.15, -0.1) is 0 Å². The first-order chi connectivity index (χ1) is 13.5. The normalized spacial score (nSPS) is 14.2. The Balaban J connectivity index is 3.05. The number of carbonyl (C=O) groups is 1. The van der Waals surface area contributed by atoms with Crippen LogP contribution >= 0.6 is 0 Å². The SMILES string of the molecule is C=C(C[C@](O)(CCc1ccccc1)C(=O)OCC)O[Si](C(C)C)(C(C)C)C(C)C. The molecule has 0 heterocycles. The third-order valence-electron chi connectivity index (χ3n) is 5.84. The number of aliphatic hydroxyl groups is 1. The van der Waals surface area contributed by atoms with E-state index in [0.29, 0.717) is 28.8 Å². The zero-order chi connectivity index (χ0) is 22.2. The molecule has 0 fully saturated rings. The molecule has 4 nitrogen and oxygen atoms in total. The van der Waals surface area contributed by atoms with Gasteiger partial charge in [0.05, 0.1) is 12.4 Å². The fourth-order valence-electron chi connectivity index (χ4n) is 4.49. The van der Waals surface area contributed by atoms with E-state index in [4.69, 9.17) is 9.16 Å². The molecular formula is C24H40O4Si. The minimum atomic E-state index is -2.19. The second-order valence-electron chi connectivity index (χ2n) is 8.87. The maximum atomic E-state index is 12.6. The summed E-state index contributed by atoms with van der Waals surface area (Å²) in [5.41, 5.74) is 0.586. The molecule has 0 aromatic heterocycles. The van der Waals surface area contributed by atoms with Crippen LogP contribution in [-0.2, 0) is 20.4 Å². The summed E-state index contributed by atoms with van der Waals surface area (Å²) in [7, 11) is -2.19. The number of carbonyl (C=O) groups excluding carboxylic acids is 1. The lowest BCUT2D eigenvalue weighted by Gasteiger charge is -2.43. The number of benzene rings is 1. The van der Waals surface area contributed by atoms with Gasteiger partial charge in [0.1, 0.15) is 0 Å². The third kappa shape index (κ3) is 6.44. The van der Waals surface area contributed by atoms with Crippen LogP contribution in [0.5, 0.6) is 0 Å². The molecule has 0 unspecified atom stereocenters. The average molecular weight is 421 g/mol. The quantitative estimate of drug-likeness (QED) is 0.256. The Morgan fingerprint density at radius 2 is 1.59 bits per heavy atom. The van der Waals surface area contributed by atoms with Gasteiger partial charge < -0.3 is 14.3 Å². The van der Waals surface area contributed by atoms with E-state index in [0.717, 1.165) is 5.56 Å². The number of aryl methyl sites for hydroxylation is 1. The lowest BCUT2D eigenvalue weighted by atomic mass is 9.91. The van der Waals surface area contributed by atoms with Gasteiger partial charge in [0.15, 0.2) is 5.60 Å². The van der Waals surface area contributed by atoms with E-state index >= 15 is 0 Å². The Bertz CT molecular complexity index is 632. The molecule has 1 N–H and O–H groups in total. The van der Waals surface area contributed by atoms with Gasteiger partial charge in [-0.25, -0.2) is 4.79 Å². The highest BCUT2D eigenvalue weighted by atomic mass is 28.4. The van der Waals surface area contributed by atoms with Crippen molar-refractivity contribution in [3.05, 3.63) is 48.2 Å². The molecule has 0 bridgehead atoms. The lowest BCUT2D eigenvalue weighted by molar-refractivity contribution is -0.166. The van der Waals surface area contributed by atoms with Crippen LogP contribution in [-0.4, -0.2) is 31.6 Å². The number of rotatable bonds is 12. The van der Waals surface area contributed by atoms with Crippen LogP contribution in [0.2, 0.25) is 16.6 Å². The van der Waals surface area contributed by atoms with Gasteiger partial charge in [-0.1, -0.05) is 78.5 Å². The minimum absolute atomic E-state index is 0.0551. The summed E-state index contributed by atoms with van der Waals surface area (Å²) in [6.45, 7) is 19.3. The second-order valence-corrected chi connectivity index (χ2v) is 14.2. The molecule has 0 saturated carbocycles. The van der Waals surface area contributed by atoms with E-state index in [1.807, 2.05) is 30.3 Å². The van der Waals surface area contributed by atoms with Crippen molar-refractivity contribution in [3.8, 4) is 0 Å². The molecule has 1 aromatic rings. The summed E-state index contributed by atoms with van der Waals surface area (Å²) >= 11 is 0. The standard InChI is InChI=1S/C24H40O4Si/c1-9-27-23(25)24(26,16-15-22-13-11-10-12-14-22)17-21(8)28-29(18(2)3,19(4)5)20(6)7/h10-14,18-20,26H,8-9,15-17H2,1-7H3/t24-/m1/s1. The van der Waals surface area contributed by atoms with Crippen molar-refractivity contribution in [1.29, 1.82) is 0 Å². The molecule has 1 rings (SSSR count). The van der Waals surface area contributed by atoms with Gasteiger partial charge in [0.2, 0.25) is 0 Å². The summed E-state index contributed by atoms with van der Waals surface area (Å²) in [4.78, 5) is 12.6. The Labute approximate surface area is 178 Å². The van der Waals surface area contributed by atoms with E-state index in [1.54, 1.807) is 6.92 Å². The fourth-order valence-corrected chi connectivity index (χ4v) is 9.77. The summed E-state index contributed by atoms with van der Waals surface area (Å²) in [5.74, 6) is -0.122. The number of esters is 1.